The number of carbonyl (C=O) groups is 4. The lowest BCUT2D eigenvalue weighted by atomic mass is 9.93. The van der Waals surface area contributed by atoms with Crippen LogP contribution in [0.1, 0.15) is 34.6 Å². The maximum Gasteiger partial charge on any atom is 0.217 e. The molecule has 0 aromatic heterocycles. The van der Waals surface area contributed by atoms with Gasteiger partial charge in [-0.3, -0.25) is 19.2 Å². The first-order chi connectivity index (χ1) is 62.9. The fraction of sp³-hybridized carbons (Fsp3) is 0.946. The summed E-state index contributed by atoms with van der Waals surface area (Å²) in [4.78, 5) is 52.0. The van der Waals surface area contributed by atoms with Gasteiger partial charge >= 0.3 is 0 Å². The van der Waals surface area contributed by atoms with Crippen LogP contribution in [-0.2, 0) is 114 Å². The summed E-state index contributed by atoms with van der Waals surface area (Å²) in [5, 5.41) is 353. The zero-order valence-electron chi connectivity index (χ0n) is 71.6. The molecule has 54 atom stereocenters. The SMILES string of the molecule is CC(=O)N[C@H]1[C@H](O[C@H]2[C@@H](O)[C@@H](CO)O[C@@H](O[C@@H]([C@H](O)[C@@H](O)CO)[C@H](O)CO)[C@@H]2O)O[C@H](CO)[C@@H](O[C@@H]2O[C@H](CO)[C@H](O)[C@H](O[C@@H]3O[C@H](CO)[C@@H](O[C@@H]4O[C@H](CO)[C@H](O)[C@H](O[C@@H]5O[C@H](CO)[C@@H](O[C@@H]6O[C@H](CO)[C@H](O)[C@H](O[C@@H]7O[C@H](CO)[C@@H](O[C@@H]8O[C@H](CO)[C@H](O)[C@H](O)[C@H]8O[C@@H]8O[C@@H](C)[C@@H](O)[C@@H](O)[C@@H]8O)[C@H](O)[C@H]7NC(C)=O)[C@H]6O)[C@H](O)[C@H]5NC(C)=O)[C@H]4O)[C@H](O)[C@H]3NC(C)=O)[C@H]2O)[C@@H]1O. The minimum atomic E-state index is -2.43. The van der Waals surface area contributed by atoms with Crippen molar-refractivity contribution in [2.75, 3.05) is 72.7 Å². The molecule has 59 nitrogen and oxygen atoms in total. The van der Waals surface area contributed by atoms with Crippen LogP contribution in [0.3, 0.4) is 0 Å². The summed E-state index contributed by atoms with van der Waals surface area (Å²) < 4.78 is 117. The Morgan fingerprint density at radius 3 is 0.752 bits per heavy atom. The van der Waals surface area contributed by atoms with Gasteiger partial charge in [0, 0.05) is 27.7 Å². The van der Waals surface area contributed by atoms with E-state index < -0.39 is 428 Å². The standard InChI is InChI=1S/C74H126N4O55/c1-17-37(96)48(107)50(109)69(114-17)133-64-49(108)39(98)24(8-81)119-74(64)128-59-32(16-89)123-68(36(47(59)106)78-21(5)93)132-63-43(102)28(12-85)118-73(54(63)113)127-58-31(15-88)122-67(35(46(58)105)77-20(4)92)131-62-42(101)27(11-84)117-72(53(62)112)126-57-30(14-87)121-66(34(45(57)104)76-19(3)91)130-61-41(100)26(10-83)116-71(52(61)111)125-56-29(13-86)120-65(33(44(56)103)75-18(2)90)129-60-40(99)25(9-82)115-70(51(60)110)124-55(23(95)7-80)38(97)22(94)6-79/h17,22-74,79-89,94-113H,6-16H2,1-5H3,(H,75,90)(H,76,91)(H,77,92)(H,78,93)/t17-,22-,23+,24+,25+,26+,27+,28+,29+,30+,31+,32+,33+,34+,35+,36+,37+,38+,39-,40-,41-,42-,43-,44+,45+,46+,47+,48+,49-,50-,51+,52+,53+,54+,55+,56+,57+,58+,59+,60-,61-,62-,63-,64+,65-,66-,67-,68-,69-,70-,71-,72-,73-,74-/m0/s1. The van der Waals surface area contributed by atoms with Gasteiger partial charge in [0.15, 0.2) is 62.9 Å². The normalized spacial score (nSPS) is 47.6. The second kappa shape index (κ2) is 49.0. The average molecular weight is 1950 g/mol. The van der Waals surface area contributed by atoms with Crippen LogP contribution < -0.4 is 21.3 Å². The van der Waals surface area contributed by atoms with Crippen LogP contribution in [0, 0.1) is 0 Å². The molecule has 0 radical (unpaired) electrons. The van der Waals surface area contributed by atoms with Gasteiger partial charge in [0.05, 0.1) is 78.8 Å². The Morgan fingerprint density at radius 1 is 0.241 bits per heavy atom. The number of nitrogens with one attached hydrogen (secondary N) is 4. The summed E-state index contributed by atoms with van der Waals surface area (Å²) in [6.45, 7) is -7.65. The predicted molar refractivity (Wildman–Crippen MR) is 410 cm³/mol. The lowest BCUT2D eigenvalue weighted by Gasteiger charge is -2.51. The first-order valence-electron chi connectivity index (χ1n) is 42.4. The molecular formula is C74H126N4O55. The number of aliphatic hydroxyl groups is 31. The number of ether oxygens (including phenoxy) is 20. The third-order valence-corrected chi connectivity index (χ3v) is 24.2. The smallest absolute Gasteiger partial charge is 0.217 e. The number of hydrogen-bond donors (Lipinski definition) is 35. The number of carbonyl (C=O) groups excluding carboxylic acids is 4. The highest BCUT2D eigenvalue weighted by Gasteiger charge is 2.63. The maximum atomic E-state index is 13.1. The summed E-state index contributed by atoms with van der Waals surface area (Å²) >= 11 is 0. The Balaban J connectivity index is 0.826. The minimum absolute atomic E-state index is 0.909. The van der Waals surface area contributed by atoms with Gasteiger partial charge in [-0.1, -0.05) is 0 Å². The van der Waals surface area contributed by atoms with Crippen molar-refractivity contribution in [3.63, 3.8) is 0 Å². The molecule has 0 unspecified atom stereocenters. The van der Waals surface area contributed by atoms with E-state index in [1.807, 2.05) is 0 Å². The fourth-order valence-electron chi connectivity index (χ4n) is 17.1. The van der Waals surface area contributed by atoms with Crippen LogP contribution in [0.5, 0.6) is 0 Å². The molecule has 772 valence electrons. The van der Waals surface area contributed by atoms with Crippen LogP contribution in [0.4, 0.5) is 0 Å². The van der Waals surface area contributed by atoms with Gasteiger partial charge < -0.3 is 274 Å². The van der Waals surface area contributed by atoms with E-state index in [0.717, 1.165) is 27.7 Å². The maximum absolute atomic E-state index is 13.1. The molecule has 10 rings (SSSR count). The molecule has 59 heteroatoms. The molecule has 0 aromatic carbocycles. The quantitative estimate of drug-likeness (QED) is 0.0273. The van der Waals surface area contributed by atoms with Crippen LogP contribution in [0.25, 0.3) is 0 Å². The van der Waals surface area contributed by atoms with Gasteiger partial charge in [-0.25, -0.2) is 0 Å². The molecule has 0 saturated carbocycles. The lowest BCUT2D eigenvalue weighted by Crippen LogP contribution is -2.71. The zero-order chi connectivity index (χ0) is 98.2. The second-order valence-corrected chi connectivity index (χ2v) is 33.5. The van der Waals surface area contributed by atoms with E-state index in [9.17, 15) is 177 Å². The summed E-state index contributed by atoms with van der Waals surface area (Å²) in [7, 11) is 0. The van der Waals surface area contributed by atoms with E-state index >= 15 is 0 Å². The first-order valence-corrected chi connectivity index (χ1v) is 42.4. The summed E-state index contributed by atoms with van der Waals surface area (Å²) in [5.41, 5.74) is 0. The van der Waals surface area contributed by atoms with Crippen molar-refractivity contribution in [3.05, 3.63) is 0 Å². The van der Waals surface area contributed by atoms with Crippen LogP contribution in [0.2, 0.25) is 0 Å². The van der Waals surface area contributed by atoms with Crippen LogP contribution >= 0.6 is 0 Å². The van der Waals surface area contributed by atoms with E-state index in [1.165, 1.54) is 6.92 Å². The number of aliphatic hydroxyl groups excluding tert-OH is 31. The number of rotatable bonds is 38. The van der Waals surface area contributed by atoms with E-state index in [0.29, 0.717) is 0 Å². The molecule has 35 N–H and O–H groups in total. The van der Waals surface area contributed by atoms with Gasteiger partial charge in [-0.05, 0) is 6.92 Å². The van der Waals surface area contributed by atoms with Crippen molar-refractivity contribution < 1.29 is 272 Å². The van der Waals surface area contributed by atoms with Gasteiger partial charge in [0.2, 0.25) is 23.6 Å². The molecule has 0 aliphatic carbocycles. The molecule has 133 heavy (non-hydrogen) atoms. The van der Waals surface area contributed by atoms with Crippen molar-refractivity contribution >= 4 is 23.6 Å². The van der Waals surface area contributed by atoms with E-state index in [1.54, 1.807) is 0 Å². The molecule has 10 heterocycles. The van der Waals surface area contributed by atoms with Gasteiger partial charge in [-0.2, -0.15) is 0 Å². The molecule has 4 amide bonds. The van der Waals surface area contributed by atoms with Crippen molar-refractivity contribution in [1.29, 1.82) is 0 Å². The van der Waals surface area contributed by atoms with E-state index in [-0.39, 0.29) is 0 Å². The minimum Gasteiger partial charge on any atom is -0.394 e. The van der Waals surface area contributed by atoms with E-state index in [4.69, 9.17) is 94.7 Å². The Labute approximate surface area is 753 Å². The summed E-state index contributed by atoms with van der Waals surface area (Å²) in [6.07, 6.45) is -104. The summed E-state index contributed by atoms with van der Waals surface area (Å²) in [5.74, 6) is -3.88. The molecule has 10 fully saturated rings. The number of hydrogen-bond acceptors (Lipinski definition) is 55. The van der Waals surface area contributed by atoms with Gasteiger partial charge in [-0.15, -0.1) is 0 Å². The second-order valence-electron chi connectivity index (χ2n) is 33.5. The van der Waals surface area contributed by atoms with Crippen molar-refractivity contribution in [2.24, 2.45) is 0 Å². The van der Waals surface area contributed by atoms with Crippen molar-refractivity contribution in [2.45, 2.75) is 366 Å². The van der Waals surface area contributed by atoms with Crippen LogP contribution in [-0.4, -0.2) is 586 Å². The third kappa shape index (κ3) is 24.8. The lowest BCUT2D eigenvalue weighted by molar-refractivity contribution is -0.393. The zero-order valence-corrected chi connectivity index (χ0v) is 71.6. The average Bonchev–Trinajstić information content (AvgIpc) is 0.765. The Kier molecular flexibility index (Phi) is 40.8. The highest BCUT2D eigenvalue weighted by Crippen LogP contribution is 2.42. The number of amides is 4. The van der Waals surface area contributed by atoms with Crippen molar-refractivity contribution in [1.82, 2.24) is 21.3 Å². The largest absolute Gasteiger partial charge is 0.394 e. The highest BCUT2D eigenvalue weighted by molar-refractivity contribution is 5.74. The molecule has 10 aliphatic rings. The topological polar surface area (TPSA) is 928 Å². The monoisotopic (exact) mass is 1950 g/mol. The fourth-order valence-corrected chi connectivity index (χ4v) is 17.1. The molecule has 0 aromatic rings. The third-order valence-electron chi connectivity index (χ3n) is 24.2. The summed E-state index contributed by atoms with van der Waals surface area (Å²) in [6, 6.07) is -7.87. The van der Waals surface area contributed by atoms with Gasteiger partial charge in [0.25, 0.3) is 0 Å². The van der Waals surface area contributed by atoms with E-state index in [2.05, 4.69) is 21.3 Å². The first kappa shape index (κ1) is 111. The Morgan fingerprint density at radius 2 is 0.474 bits per heavy atom. The molecule has 0 bridgehead atoms. The molecule has 10 aliphatic heterocycles. The molecule has 10 saturated heterocycles. The van der Waals surface area contributed by atoms with Gasteiger partial charge in [0.1, 0.15) is 262 Å². The Hall–Kier alpha value is -4.16. The van der Waals surface area contributed by atoms with Crippen molar-refractivity contribution in [3.8, 4) is 0 Å². The molecule has 0 spiro atoms. The Bertz CT molecular complexity index is 3580. The highest BCUT2D eigenvalue weighted by atomic mass is 16.8. The predicted octanol–water partition coefficient (Wildman–Crippen LogP) is -23.7. The molecular weight excluding hydrogens is 1820 g/mol. The van der Waals surface area contributed by atoms with Crippen LogP contribution in [0.15, 0.2) is 0 Å².